The van der Waals surface area contributed by atoms with Gasteiger partial charge in [0.25, 0.3) is 0 Å². The summed E-state index contributed by atoms with van der Waals surface area (Å²) in [6.45, 7) is 3.15. The van der Waals surface area contributed by atoms with Crippen LogP contribution in [0.3, 0.4) is 0 Å². The van der Waals surface area contributed by atoms with E-state index in [4.69, 9.17) is 14.0 Å². The number of nitrogens with zero attached hydrogens (tertiary/aromatic N) is 3. The van der Waals surface area contributed by atoms with E-state index >= 15 is 0 Å². The normalized spacial score (nSPS) is 14.6. The molecule has 0 radical (unpaired) electrons. The van der Waals surface area contributed by atoms with Crippen molar-refractivity contribution in [2.24, 2.45) is 0 Å². The molecule has 1 N–H and O–H groups in total. The summed E-state index contributed by atoms with van der Waals surface area (Å²) in [4.78, 5) is 17.0. The molecule has 0 atom stereocenters. The Kier molecular flexibility index (Phi) is 7.25. The molecule has 1 aliphatic heterocycles. The molecule has 0 spiro atoms. The second-order valence-corrected chi connectivity index (χ2v) is 9.72. The van der Waals surface area contributed by atoms with Gasteiger partial charge in [0.1, 0.15) is 5.75 Å². The lowest BCUT2D eigenvalue weighted by atomic mass is 10.2. The molecule has 1 aromatic heterocycles. The summed E-state index contributed by atoms with van der Waals surface area (Å²) in [5, 5.41) is 6.76. The molecule has 0 unspecified atom stereocenters. The van der Waals surface area contributed by atoms with Crippen molar-refractivity contribution in [3.05, 3.63) is 53.9 Å². The second-order valence-electron chi connectivity index (χ2n) is 7.78. The molecule has 180 valence electrons. The van der Waals surface area contributed by atoms with Gasteiger partial charge in [0.2, 0.25) is 27.6 Å². The molecule has 1 saturated heterocycles. The number of carbonyl (C=O) groups excluding carboxylic acids is 1. The lowest BCUT2D eigenvalue weighted by Gasteiger charge is -2.26. The fraction of sp³-hybridized carbons (Fsp3) is 0.348. The van der Waals surface area contributed by atoms with Gasteiger partial charge in [-0.1, -0.05) is 11.2 Å². The topological polar surface area (TPSA) is 124 Å². The Hall–Kier alpha value is -3.28. The first kappa shape index (κ1) is 23.9. The van der Waals surface area contributed by atoms with Crippen molar-refractivity contribution in [1.82, 2.24) is 14.4 Å². The summed E-state index contributed by atoms with van der Waals surface area (Å²) in [5.74, 6) is 1.20. The SMILES string of the molecule is COc1ccc(-c2noc(CCC(=O)Nc3cc(S(=O)(=O)N4CCOCC4)ccc3C)n2)cc1. The second kappa shape index (κ2) is 10.3. The van der Waals surface area contributed by atoms with Gasteiger partial charge in [-0.05, 0) is 48.9 Å². The van der Waals surface area contributed by atoms with Gasteiger partial charge in [-0.2, -0.15) is 9.29 Å². The molecular weight excluding hydrogens is 460 g/mol. The van der Waals surface area contributed by atoms with E-state index in [2.05, 4.69) is 15.5 Å². The van der Waals surface area contributed by atoms with E-state index in [0.717, 1.165) is 16.9 Å². The van der Waals surface area contributed by atoms with Gasteiger partial charge >= 0.3 is 0 Å². The van der Waals surface area contributed by atoms with Crippen molar-refractivity contribution >= 4 is 21.6 Å². The number of sulfonamides is 1. The molecule has 10 nitrogen and oxygen atoms in total. The maximum atomic E-state index is 12.9. The Morgan fingerprint density at radius 2 is 1.88 bits per heavy atom. The van der Waals surface area contributed by atoms with E-state index in [0.29, 0.717) is 43.7 Å². The van der Waals surface area contributed by atoms with Crippen LogP contribution >= 0.6 is 0 Å². The van der Waals surface area contributed by atoms with Crippen LogP contribution in [0.1, 0.15) is 17.9 Å². The lowest BCUT2D eigenvalue weighted by Crippen LogP contribution is -2.40. The third kappa shape index (κ3) is 5.44. The minimum absolute atomic E-state index is 0.101. The average Bonchev–Trinajstić information content (AvgIpc) is 3.34. The summed E-state index contributed by atoms with van der Waals surface area (Å²) in [5.41, 5.74) is 1.98. The summed E-state index contributed by atoms with van der Waals surface area (Å²) in [7, 11) is -2.07. The van der Waals surface area contributed by atoms with Gasteiger partial charge in [0, 0.05) is 37.2 Å². The maximum Gasteiger partial charge on any atom is 0.243 e. The zero-order chi connectivity index (χ0) is 24.1. The Morgan fingerprint density at radius 1 is 1.15 bits per heavy atom. The quantitative estimate of drug-likeness (QED) is 0.515. The van der Waals surface area contributed by atoms with Gasteiger partial charge in [-0.15, -0.1) is 0 Å². The zero-order valence-corrected chi connectivity index (χ0v) is 19.8. The monoisotopic (exact) mass is 486 g/mol. The van der Waals surface area contributed by atoms with Crippen LogP contribution in [0.2, 0.25) is 0 Å². The Bertz CT molecular complexity index is 1250. The number of rotatable bonds is 8. The van der Waals surface area contributed by atoms with Gasteiger partial charge in [-0.3, -0.25) is 4.79 Å². The lowest BCUT2D eigenvalue weighted by molar-refractivity contribution is -0.116. The van der Waals surface area contributed by atoms with Crippen LogP contribution in [0.4, 0.5) is 5.69 Å². The highest BCUT2D eigenvalue weighted by atomic mass is 32.2. The van der Waals surface area contributed by atoms with Crippen molar-refractivity contribution in [3.8, 4) is 17.1 Å². The molecule has 34 heavy (non-hydrogen) atoms. The van der Waals surface area contributed by atoms with Crippen LogP contribution in [-0.2, 0) is 26.0 Å². The van der Waals surface area contributed by atoms with Crippen LogP contribution in [0, 0.1) is 6.92 Å². The smallest absolute Gasteiger partial charge is 0.243 e. The van der Waals surface area contributed by atoms with Gasteiger partial charge in [-0.25, -0.2) is 8.42 Å². The highest BCUT2D eigenvalue weighted by molar-refractivity contribution is 7.89. The molecule has 4 rings (SSSR count). The number of carbonyl (C=O) groups is 1. The third-order valence-corrected chi connectivity index (χ3v) is 7.37. The molecule has 2 heterocycles. The fourth-order valence-corrected chi connectivity index (χ4v) is 4.91. The van der Waals surface area contributed by atoms with Crippen molar-refractivity contribution in [1.29, 1.82) is 0 Å². The number of hydrogen-bond acceptors (Lipinski definition) is 8. The Labute approximate surface area is 197 Å². The fourth-order valence-electron chi connectivity index (χ4n) is 3.48. The average molecular weight is 487 g/mol. The summed E-state index contributed by atoms with van der Waals surface area (Å²) in [6.07, 6.45) is 0.351. The Balaban J connectivity index is 1.38. The summed E-state index contributed by atoms with van der Waals surface area (Å²) >= 11 is 0. The van der Waals surface area contributed by atoms with Crippen molar-refractivity contribution in [2.75, 3.05) is 38.7 Å². The molecule has 0 bridgehead atoms. The number of aryl methyl sites for hydroxylation is 2. The van der Waals surface area contributed by atoms with Crippen LogP contribution in [0.15, 0.2) is 51.9 Å². The first-order valence-electron chi connectivity index (χ1n) is 10.8. The predicted molar refractivity (Wildman–Crippen MR) is 124 cm³/mol. The van der Waals surface area contributed by atoms with Crippen molar-refractivity contribution < 1.29 is 27.2 Å². The highest BCUT2D eigenvalue weighted by Gasteiger charge is 2.27. The maximum absolute atomic E-state index is 12.9. The third-order valence-electron chi connectivity index (χ3n) is 5.47. The largest absolute Gasteiger partial charge is 0.497 e. The van der Waals surface area contributed by atoms with Crippen molar-refractivity contribution in [2.45, 2.75) is 24.7 Å². The van der Waals surface area contributed by atoms with Gasteiger partial charge in [0.15, 0.2) is 0 Å². The van der Waals surface area contributed by atoms with E-state index < -0.39 is 10.0 Å². The van der Waals surface area contributed by atoms with E-state index in [1.54, 1.807) is 38.3 Å². The number of morpholine rings is 1. The zero-order valence-electron chi connectivity index (χ0n) is 19.0. The number of benzene rings is 2. The van der Waals surface area contributed by atoms with Crippen LogP contribution in [0.25, 0.3) is 11.4 Å². The number of aromatic nitrogens is 2. The predicted octanol–water partition coefficient (Wildman–Crippen LogP) is 2.65. The minimum Gasteiger partial charge on any atom is -0.497 e. The molecule has 0 saturated carbocycles. The number of methoxy groups -OCH3 is 1. The first-order valence-corrected chi connectivity index (χ1v) is 12.3. The number of nitrogens with one attached hydrogen (secondary N) is 1. The van der Waals surface area contributed by atoms with Crippen LogP contribution in [-0.4, -0.2) is 62.2 Å². The van der Waals surface area contributed by atoms with E-state index in [1.807, 2.05) is 12.1 Å². The molecule has 1 amide bonds. The van der Waals surface area contributed by atoms with Crippen LogP contribution < -0.4 is 10.1 Å². The van der Waals surface area contributed by atoms with Crippen molar-refractivity contribution in [3.63, 3.8) is 0 Å². The van der Waals surface area contributed by atoms with E-state index in [-0.39, 0.29) is 23.6 Å². The summed E-state index contributed by atoms with van der Waals surface area (Å²) in [6, 6.07) is 12.0. The van der Waals surface area contributed by atoms with Gasteiger partial charge < -0.3 is 19.3 Å². The standard InChI is InChI=1S/C23H26N4O6S/c1-16-3-8-19(34(29,30)27-11-13-32-14-12-27)15-20(16)24-21(28)9-10-22-25-23(26-33-22)17-4-6-18(31-2)7-5-17/h3-8,15H,9-14H2,1-2H3,(H,24,28). The van der Waals surface area contributed by atoms with Gasteiger partial charge in [0.05, 0.1) is 25.2 Å². The molecule has 3 aromatic rings. The first-order chi connectivity index (χ1) is 16.4. The number of amides is 1. The number of anilines is 1. The molecule has 1 fully saturated rings. The van der Waals surface area contributed by atoms with Crippen LogP contribution in [0.5, 0.6) is 5.75 Å². The van der Waals surface area contributed by atoms with E-state index in [1.165, 1.54) is 10.4 Å². The molecule has 2 aromatic carbocycles. The molecule has 1 aliphatic rings. The minimum atomic E-state index is -3.66. The number of ether oxygens (including phenoxy) is 2. The number of hydrogen-bond donors (Lipinski definition) is 1. The molecular formula is C23H26N4O6S. The van der Waals surface area contributed by atoms with E-state index in [9.17, 15) is 13.2 Å². The Morgan fingerprint density at radius 3 is 2.59 bits per heavy atom. The molecule has 0 aliphatic carbocycles. The highest BCUT2D eigenvalue weighted by Crippen LogP contribution is 2.24. The summed E-state index contributed by atoms with van der Waals surface area (Å²) < 4.78 is 42.9. The molecule has 11 heteroatoms.